The predicted molar refractivity (Wildman–Crippen MR) is 31.4 cm³/mol. The number of rotatable bonds is 4. The number of ether oxygens (including phenoxy) is 1. The van der Waals surface area contributed by atoms with Gasteiger partial charge in [-0.3, -0.25) is 0 Å². The minimum Gasteiger partial charge on any atom is -0.323 e. The second-order valence-corrected chi connectivity index (χ2v) is 2.11. The average molecular weight is 138 g/mol. The van der Waals surface area contributed by atoms with Crippen LogP contribution in [0.15, 0.2) is 0 Å². The summed E-state index contributed by atoms with van der Waals surface area (Å²) >= 11 is 0. The average Bonchev–Trinajstić information content (AvgIpc) is 1.83. The third-order valence-electron chi connectivity index (χ3n) is 1.20. The molecule has 0 rings (SSSR count). The van der Waals surface area contributed by atoms with Crippen LogP contribution in [0.2, 0.25) is 0 Å². The van der Waals surface area contributed by atoms with Crippen LogP contribution in [-0.4, -0.2) is 13.2 Å². The number of hydrogen-bond acceptors (Lipinski definition) is 1. The molecule has 0 unspecified atom stereocenters. The van der Waals surface area contributed by atoms with Gasteiger partial charge in [0.1, 0.15) is 0 Å². The van der Waals surface area contributed by atoms with Crippen molar-refractivity contribution in [1.82, 2.24) is 0 Å². The zero-order valence-electron chi connectivity index (χ0n) is 5.73. The van der Waals surface area contributed by atoms with E-state index in [1.54, 1.807) is 0 Å². The van der Waals surface area contributed by atoms with Crippen LogP contribution in [0.5, 0.6) is 0 Å². The Morgan fingerprint density at radius 2 is 2.00 bits per heavy atom. The van der Waals surface area contributed by atoms with E-state index in [2.05, 4.69) is 4.74 Å². The molecule has 0 bridgehead atoms. The van der Waals surface area contributed by atoms with Gasteiger partial charge in [0, 0.05) is 0 Å². The minimum atomic E-state index is -2.61. The highest BCUT2D eigenvalue weighted by Gasteiger charge is 2.04. The van der Waals surface area contributed by atoms with Gasteiger partial charge in [0.05, 0.1) is 6.61 Å². The molecule has 0 radical (unpaired) electrons. The largest absolute Gasteiger partial charge is 0.345 e. The molecule has 0 aliphatic heterocycles. The molecule has 0 aromatic carbocycles. The van der Waals surface area contributed by atoms with Gasteiger partial charge in [-0.05, 0) is 5.92 Å². The van der Waals surface area contributed by atoms with Crippen LogP contribution in [0, 0.1) is 5.92 Å². The summed E-state index contributed by atoms with van der Waals surface area (Å²) in [4.78, 5) is 0. The van der Waals surface area contributed by atoms with Gasteiger partial charge in [-0.15, -0.1) is 0 Å². The van der Waals surface area contributed by atoms with Crippen molar-refractivity contribution in [2.24, 2.45) is 5.92 Å². The molecule has 0 heterocycles. The van der Waals surface area contributed by atoms with Crippen LogP contribution < -0.4 is 0 Å². The molecule has 0 aromatic rings. The summed E-state index contributed by atoms with van der Waals surface area (Å²) in [5.74, 6) is 0.235. The molecule has 0 aliphatic carbocycles. The topological polar surface area (TPSA) is 9.23 Å². The smallest absolute Gasteiger partial charge is 0.323 e. The second kappa shape index (κ2) is 4.68. The van der Waals surface area contributed by atoms with Crippen LogP contribution in [0.4, 0.5) is 8.78 Å². The Morgan fingerprint density at radius 3 is 2.33 bits per heavy atom. The zero-order valence-corrected chi connectivity index (χ0v) is 5.73. The Labute approximate surface area is 54.0 Å². The van der Waals surface area contributed by atoms with Crippen molar-refractivity contribution in [3.05, 3.63) is 0 Å². The zero-order chi connectivity index (χ0) is 7.28. The van der Waals surface area contributed by atoms with E-state index < -0.39 is 6.61 Å². The number of alkyl halides is 2. The van der Waals surface area contributed by atoms with Crippen molar-refractivity contribution >= 4 is 0 Å². The van der Waals surface area contributed by atoms with Gasteiger partial charge in [0.2, 0.25) is 0 Å². The highest BCUT2D eigenvalue weighted by molar-refractivity contribution is 4.44. The van der Waals surface area contributed by atoms with Crippen molar-refractivity contribution in [1.29, 1.82) is 0 Å². The molecule has 0 aliphatic rings. The maximum Gasteiger partial charge on any atom is 0.345 e. The SMILES string of the molecule is CC[C@@H](C)COC(F)F. The molecule has 1 nitrogen and oxygen atoms in total. The lowest BCUT2D eigenvalue weighted by Crippen LogP contribution is -2.08. The van der Waals surface area contributed by atoms with E-state index >= 15 is 0 Å². The van der Waals surface area contributed by atoms with Gasteiger partial charge in [-0.1, -0.05) is 20.3 Å². The first kappa shape index (κ1) is 8.82. The van der Waals surface area contributed by atoms with Gasteiger partial charge < -0.3 is 4.74 Å². The molecule has 0 fully saturated rings. The molecule has 56 valence electrons. The molecule has 0 spiro atoms. The standard InChI is InChI=1S/C6H12F2O/c1-3-5(2)4-9-6(7)8/h5-6H,3-4H2,1-2H3/t5-/m1/s1. The van der Waals surface area contributed by atoms with Gasteiger partial charge >= 0.3 is 6.61 Å². The van der Waals surface area contributed by atoms with Crippen LogP contribution in [-0.2, 0) is 4.74 Å². The molecule has 0 saturated carbocycles. The predicted octanol–water partition coefficient (Wildman–Crippen LogP) is 2.27. The Balaban J connectivity index is 3.06. The van der Waals surface area contributed by atoms with E-state index in [4.69, 9.17) is 0 Å². The monoisotopic (exact) mass is 138 g/mol. The van der Waals surface area contributed by atoms with Gasteiger partial charge in [0.25, 0.3) is 0 Å². The van der Waals surface area contributed by atoms with Gasteiger partial charge in [-0.25, -0.2) is 0 Å². The van der Waals surface area contributed by atoms with E-state index in [1.807, 2.05) is 13.8 Å². The van der Waals surface area contributed by atoms with Gasteiger partial charge in [-0.2, -0.15) is 8.78 Å². The molecule has 1 atom stereocenters. The van der Waals surface area contributed by atoms with Crippen LogP contribution >= 0.6 is 0 Å². The Kier molecular flexibility index (Phi) is 4.58. The fourth-order valence-corrected chi connectivity index (χ4v) is 0.355. The summed E-state index contributed by atoms with van der Waals surface area (Å²) < 4.78 is 26.7. The van der Waals surface area contributed by atoms with Crippen molar-refractivity contribution in [2.45, 2.75) is 26.9 Å². The minimum absolute atomic E-state index is 0.161. The first-order valence-electron chi connectivity index (χ1n) is 3.06. The number of halogens is 2. The summed E-state index contributed by atoms with van der Waals surface area (Å²) in [5, 5.41) is 0. The highest BCUT2D eigenvalue weighted by Crippen LogP contribution is 2.03. The molecule has 0 aromatic heterocycles. The summed E-state index contributed by atoms with van der Waals surface area (Å²) in [6, 6.07) is 0. The van der Waals surface area contributed by atoms with Crippen LogP contribution in [0.3, 0.4) is 0 Å². The first-order valence-corrected chi connectivity index (χ1v) is 3.06. The molecular formula is C6H12F2O. The van der Waals surface area contributed by atoms with Crippen molar-refractivity contribution in [3.8, 4) is 0 Å². The second-order valence-electron chi connectivity index (χ2n) is 2.11. The molecule has 0 saturated heterocycles. The Bertz CT molecular complexity index is 66.1. The summed E-state index contributed by atoms with van der Waals surface area (Å²) in [6.07, 6.45) is 0.882. The van der Waals surface area contributed by atoms with Crippen molar-refractivity contribution in [2.75, 3.05) is 6.61 Å². The van der Waals surface area contributed by atoms with Crippen molar-refractivity contribution < 1.29 is 13.5 Å². The van der Waals surface area contributed by atoms with Crippen molar-refractivity contribution in [3.63, 3.8) is 0 Å². The van der Waals surface area contributed by atoms with E-state index in [-0.39, 0.29) is 12.5 Å². The van der Waals surface area contributed by atoms with E-state index in [0.29, 0.717) is 0 Å². The lowest BCUT2D eigenvalue weighted by Gasteiger charge is -2.07. The van der Waals surface area contributed by atoms with Gasteiger partial charge in [0.15, 0.2) is 0 Å². The van der Waals surface area contributed by atoms with Crippen LogP contribution in [0.1, 0.15) is 20.3 Å². The lowest BCUT2D eigenvalue weighted by molar-refractivity contribution is -0.137. The Morgan fingerprint density at radius 1 is 1.44 bits per heavy atom. The summed E-state index contributed by atoms with van der Waals surface area (Å²) in [5.41, 5.74) is 0. The molecule has 3 heteroatoms. The highest BCUT2D eigenvalue weighted by atomic mass is 19.3. The summed E-state index contributed by atoms with van der Waals surface area (Å²) in [7, 11) is 0. The first-order chi connectivity index (χ1) is 4.16. The lowest BCUT2D eigenvalue weighted by atomic mass is 10.1. The fraction of sp³-hybridized carbons (Fsp3) is 1.00. The van der Waals surface area contributed by atoms with E-state index in [9.17, 15) is 8.78 Å². The molecule has 0 amide bonds. The normalized spacial score (nSPS) is 14.3. The maximum absolute atomic E-state index is 11.3. The third-order valence-corrected chi connectivity index (χ3v) is 1.20. The maximum atomic E-state index is 11.3. The quantitative estimate of drug-likeness (QED) is 0.579. The van der Waals surface area contributed by atoms with Crippen LogP contribution in [0.25, 0.3) is 0 Å². The molecule has 0 N–H and O–H groups in total. The Hall–Kier alpha value is -0.180. The molecule has 9 heavy (non-hydrogen) atoms. The fourth-order valence-electron chi connectivity index (χ4n) is 0.355. The van der Waals surface area contributed by atoms with E-state index in [1.165, 1.54) is 0 Å². The number of hydrogen-bond donors (Lipinski definition) is 0. The van der Waals surface area contributed by atoms with E-state index in [0.717, 1.165) is 6.42 Å². The third kappa shape index (κ3) is 5.69. The summed E-state index contributed by atoms with van der Waals surface area (Å²) in [6.45, 7) is 1.37. The molecular weight excluding hydrogens is 126 g/mol.